The van der Waals surface area contributed by atoms with Gasteiger partial charge in [-0.3, -0.25) is 0 Å². The number of nitrogen functional groups attached to an aromatic ring is 1. The third-order valence-electron chi connectivity index (χ3n) is 2.33. The van der Waals surface area contributed by atoms with Gasteiger partial charge in [0.05, 0.1) is 11.1 Å². The summed E-state index contributed by atoms with van der Waals surface area (Å²) in [6, 6.07) is 7.20. The molecule has 2 heterocycles. The monoisotopic (exact) mass is 232 g/mol. The second kappa shape index (κ2) is 3.24. The lowest BCUT2D eigenvalue weighted by atomic mass is 10.2. The molecule has 3 rings (SSSR count). The SMILES string of the molecule is Nc1cnoc1-c1cc2ccc(O)cc2s1. The molecule has 0 radical (unpaired) electrons. The first-order valence-electron chi connectivity index (χ1n) is 4.67. The zero-order valence-electron chi connectivity index (χ0n) is 8.18. The van der Waals surface area contributed by atoms with Crippen LogP contribution in [0.1, 0.15) is 0 Å². The standard InChI is InChI=1S/C11H8N2O2S/c12-8-5-13-15-11(8)10-3-6-1-2-7(14)4-9(6)16-10/h1-5,14H,12H2. The molecule has 1 aromatic carbocycles. The molecule has 2 aromatic heterocycles. The first kappa shape index (κ1) is 9.23. The van der Waals surface area contributed by atoms with Gasteiger partial charge in [0.25, 0.3) is 0 Å². The summed E-state index contributed by atoms with van der Waals surface area (Å²) in [5.74, 6) is 0.840. The van der Waals surface area contributed by atoms with Crippen LogP contribution in [0.15, 0.2) is 35.0 Å². The van der Waals surface area contributed by atoms with Gasteiger partial charge in [0.15, 0.2) is 5.76 Å². The number of hydrogen-bond acceptors (Lipinski definition) is 5. The van der Waals surface area contributed by atoms with Crippen LogP contribution in [0.2, 0.25) is 0 Å². The molecular formula is C11H8N2O2S. The van der Waals surface area contributed by atoms with Gasteiger partial charge in [-0.15, -0.1) is 11.3 Å². The highest BCUT2D eigenvalue weighted by molar-refractivity contribution is 7.22. The molecule has 16 heavy (non-hydrogen) atoms. The van der Waals surface area contributed by atoms with Gasteiger partial charge >= 0.3 is 0 Å². The quantitative estimate of drug-likeness (QED) is 0.676. The van der Waals surface area contributed by atoms with E-state index >= 15 is 0 Å². The van der Waals surface area contributed by atoms with Crippen LogP contribution in [0, 0.1) is 0 Å². The lowest BCUT2D eigenvalue weighted by molar-refractivity contribution is 0.433. The molecule has 0 bridgehead atoms. The van der Waals surface area contributed by atoms with E-state index in [1.807, 2.05) is 12.1 Å². The normalized spacial score (nSPS) is 11.0. The molecule has 0 saturated carbocycles. The lowest BCUT2D eigenvalue weighted by Gasteiger charge is -1.89. The molecule has 0 atom stereocenters. The second-order valence-electron chi connectivity index (χ2n) is 3.44. The maximum absolute atomic E-state index is 9.37. The van der Waals surface area contributed by atoms with Crippen molar-refractivity contribution in [1.82, 2.24) is 5.16 Å². The summed E-state index contributed by atoms with van der Waals surface area (Å²) in [6.45, 7) is 0. The minimum absolute atomic E-state index is 0.256. The molecule has 0 aliphatic carbocycles. The Morgan fingerprint density at radius 3 is 2.94 bits per heavy atom. The van der Waals surface area contributed by atoms with Crippen LogP contribution in [-0.2, 0) is 0 Å². The number of benzene rings is 1. The third kappa shape index (κ3) is 1.33. The van der Waals surface area contributed by atoms with Crippen LogP contribution < -0.4 is 5.73 Å². The summed E-state index contributed by atoms with van der Waals surface area (Å²) >= 11 is 1.51. The van der Waals surface area contributed by atoms with Crippen molar-refractivity contribution >= 4 is 27.1 Å². The first-order valence-corrected chi connectivity index (χ1v) is 5.49. The van der Waals surface area contributed by atoms with E-state index in [0.717, 1.165) is 15.0 Å². The molecule has 3 N–H and O–H groups in total. The number of hydrogen-bond donors (Lipinski definition) is 2. The van der Waals surface area contributed by atoms with Crippen LogP contribution in [0.25, 0.3) is 20.7 Å². The number of phenolic OH excluding ortho intramolecular Hbond substituents is 1. The molecule has 0 fully saturated rings. The van der Waals surface area contributed by atoms with Gasteiger partial charge in [-0.2, -0.15) is 0 Å². The van der Waals surface area contributed by atoms with E-state index in [-0.39, 0.29) is 5.75 Å². The van der Waals surface area contributed by atoms with Crippen molar-refractivity contribution in [1.29, 1.82) is 0 Å². The van der Waals surface area contributed by atoms with Crippen LogP contribution >= 0.6 is 11.3 Å². The Labute approximate surface area is 94.9 Å². The Morgan fingerprint density at radius 1 is 1.31 bits per heavy atom. The third-order valence-corrected chi connectivity index (χ3v) is 3.42. The zero-order valence-corrected chi connectivity index (χ0v) is 8.99. The molecule has 80 valence electrons. The highest BCUT2D eigenvalue weighted by Crippen LogP contribution is 2.37. The van der Waals surface area contributed by atoms with Crippen LogP contribution in [-0.4, -0.2) is 10.3 Å². The number of nitrogens with two attached hydrogens (primary N) is 1. The number of aromatic hydroxyl groups is 1. The lowest BCUT2D eigenvalue weighted by Crippen LogP contribution is -1.81. The molecule has 5 heteroatoms. The van der Waals surface area contributed by atoms with Crippen molar-refractivity contribution in [3.63, 3.8) is 0 Å². The molecule has 0 saturated heterocycles. The van der Waals surface area contributed by atoms with Gasteiger partial charge < -0.3 is 15.4 Å². The molecule has 0 aliphatic rings. The predicted octanol–water partition coefficient (Wildman–Crippen LogP) is 2.84. The number of nitrogens with zero attached hydrogens (tertiary/aromatic N) is 1. The molecule has 0 spiro atoms. The summed E-state index contributed by atoms with van der Waals surface area (Å²) < 4.78 is 6.07. The van der Waals surface area contributed by atoms with E-state index in [1.54, 1.807) is 12.1 Å². The van der Waals surface area contributed by atoms with Crippen molar-refractivity contribution in [3.8, 4) is 16.4 Å². The van der Waals surface area contributed by atoms with E-state index < -0.39 is 0 Å². The molecular weight excluding hydrogens is 224 g/mol. The summed E-state index contributed by atoms with van der Waals surface area (Å²) in [6.07, 6.45) is 1.48. The fourth-order valence-corrected chi connectivity index (χ4v) is 2.66. The van der Waals surface area contributed by atoms with Crippen molar-refractivity contribution in [2.24, 2.45) is 0 Å². The number of aromatic nitrogens is 1. The van der Waals surface area contributed by atoms with E-state index in [4.69, 9.17) is 10.3 Å². The topological polar surface area (TPSA) is 72.3 Å². The van der Waals surface area contributed by atoms with Gasteiger partial charge in [-0.25, -0.2) is 0 Å². The molecule has 0 amide bonds. The van der Waals surface area contributed by atoms with Crippen molar-refractivity contribution in [2.75, 3.05) is 5.73 Å². The largest absolute Gasteiger partial charge is 0.508 e. The highest BCUT2D eigenvalue weighted by Gasteiger charge is 2.11. The van der Waals surface area contributed by atoms with Crippen molar-refractivity contribution < 1.29 is 9.63 Å². The maximum Gasteiger partial charge on any atom is 0.199 e. The van der Waals surface area contributed by atoms with E-state index in [2.05, 4.69) is 5.16 Å². The fourth-order valence-electron chi connectivity index (χ4n) is 1.57. The Morgan fingerprint density at radius 2 is 2.19 bits per heavy atom. The average Bonchev–Trinajstić information content (AvgIpc) is 2.82. The van der Waals surface area contributed by atoms with Gasteiger partial charge in [0.2, 0.25) is 0 Å². The minimum atomic E-state index is 0.256. The number of fused-ring (bicyclic) bond motifs is 1. The van der Waals surface area contributed by atoms with E-state index in [0.29, 0.717) is 11.4 Å². The molecule has 4 nitrogen and oxygen atoms in total. The van der Waals surface area contributed by atoms with Crippen molar-refractivity contribution in [2.45, 2.75) is 0 Å². The number of thiophene rings is 1. The van der Waals surface area contributed by atoms with E-state index in [1.165, 1.54) is 17.5 Å². The number of rotatable bonds is 1. The Bertz CT molecular complexity index is 657. The second-order valence-corrected chi connectivity index (χ2v) is 4.53. The van der Waals surface area contributed by atoms with Gasteiger partial charge in [-0.05, 0) is 29.7 Å². The van der Waals surface area contributed by atoms with E-state index in [9.17, 15) is 5.11 Å². The first-order chi connectivity index (χ1) is 7.74. The number of phenols is 1. The molecule has 0 unspecified atom stereocenters. The summed E-state index contributed by atoms with van der Waals surface area (Å²) in [7, 11) is 0. The highest BCUT2D eigenvalue weighted by atomic mass is 32.1. The number of anilines is 1. The summed E-state index contributed by atoms with van der Waals surface area (Å²) in [4.78, 5) is 0.913. The predicted molar refractivity (Wildman–Crippen MR) is 63.4 cm³/mol. The summed E-state index contributed by atoms with van der Waals surface area (Å²) in [5, 5.41) is 14.1. The van der Waals surface area contributed by atoms with Crippen molar-refractivity contribution in [3.05, 3.63) is 30.5 Å². The average molecular weight is 232 g/mol. The Kier molecular flexibility index (Phi) is 1.87. The van der Waals surface area contributed by atoms with Gasteiger partial charge in [-0.1, -0.05) is 5.16 Å². The molecule has 0 aliphatic heterocycles. The summed E-state index contributed by atoms with van der Waals surface area (Å²) in [5.41, 5.74) is 6.25. The maximum atomic E-state index is 9.37. The van der Waals surface area contributed by atoms with Gasteiger partial charge in [0.1, 0.15) is 11.4 Å². The Balaban J connectivity index is 2.23. The van der Waals surface area contributed by atoms with Crippen LogP contribution in [0.5, 0.6) is 5.75 Å². The molecule has 3 aromatic rings. The zero-order chi connectivity index (χ0) is 11.1. The Hall–Kier alpha value is -2.01. The smallest absolute Gasteiger partial charge is 0.199 e. The van der Waals surface area contributed by atoms with Gasteiger partial charge in [0, 0.05) is 4.70 Å². The van der Waals surface area contributed by atoms with Crippen LogP contribution in [0.4, 0.5) is 5.69 Å². The minimum Gasteiger partial charge on any atom is -0.508 e. The van der Waals surface area contributed by atoms with Crippen LogP contribution in [0.3, 0.4) is 0 Å². The fraction of sp³-hybridized carbons (Fsp3) is 0.